The fourth-order valence-electron chi connectivity index (χ4n) is 5.58. The first-order valence-electron chi connectivity index (χ1n) is 12.7. The van der Waals surface area contributed by atoms with Crippen molar-refractivity contribution in [3.63, 3.8) is 0 Å². The first-order chi connectivity index (χ1) is 18.5. The minimum absolute atomic E-state index is 0.0524. The molecule has 0 saturated heterocycles. The van der Waals surface area contributed by atoms with Crippen molar-refractivity contribution in [3.8, 4) is 17.8 Å². The van der Waals surface area contributed by atoms with Crippen LogP contribution in [0.2, 0.25) is 0 Å². The Bertz CT molecular complexity index is 1640. The number of nitrogens with one attached hydrogen (secondary N) is 2. The summed E-state index contributed by atoms with van der Waals surface area (Å²) in [7, 11) is 0. The quantitative estimate of drug-likeness (QED) is 0.360. The molecule has 4 aromatic rings. The largest absolute Gasteiger partial charge is 0.353 e. The van der Waals surface area contributed by atoms with E-state index in [1.165, 1.54) is 0 Å². The van der Waals surface area contributed by atoms with Crippen LogP contribution in [0, 0.1) is 34.5 Å². The minimum atomic E-state index is -0.0624. The summed E-state index contributed by atoms with van der Waals surface area (Å²) in [5.74, 6) is 0.535. The van der Waals surface area contributed by atoms with Gasteiger partial charge in [0.1, 0.15) is 10.7 Å². The molecule has 2 unspecified atom stereocenters. The van der Waals surface area contributed by atoms with Gasteiger partial charge >= 0.3 is 0 Å². The molecule has 0 radical (unpaired) electrons. The Morgan fingerprint density at radius 1 is 1.11 bits per heavy atom. The highest BCUT2D eigenvalue weighted by atomic mass is 79.9. The maximum absolute atomic E-state index is 12.8. The molecule has 3 aromatic heterocycles. The highest BCUT2D eigenvalue weighted by Gasteiger charge is 2.33. The van der Waals surface area contributed by atoms with Gasteiger partial charge in [0.2, 0.25) is 11.9 Å². The number of nitrogens with zero attached hydrogens (tertiary/aromatic N) is 7. The second-order valence-electron chi connectivity index (χ2n) is 10.0. The van der Waals surface area contributed by atoms with E-state index >= 15 is 0 Å². The lowest BCUT2D eigenvalue weighted by molar-refractivity contribution is -0.125. The van der Waals surface area contributed by atoms with Crippen LogP contribution in [0.1, 0.15) is 44.1 Å². The number of hydrogen-bond acceptors (Lipinski definition) is 8. The molecule has 3 heterocycles. The number of carbonyl (C=O) groups is 1. The summed E-state index contributed by atoms with van der Waals surface area (Å²) < 4.78 is 2.30. The fraction of sp³-hybridized carbons (Fsp3) is 0.370. The molecule has 4 atom stereocenters. The zero-order chi connectivity index (χ0) is 26.2. The van der Waals surface area contributed by atoms with Crippen molar-refractivity contribution in [1.29, 1.82) is 10.5 Å². The molecule has 2 N–H and O–H groups in total. The lowest BCUT2D eigenvalue weighted by Gasteiger charge is -2.17. The van der Waals surface area contributed by atoms with Gasteiger partial charge in [-0.25, -0.2) is 9.67 Å². The van der Waals surface area contributed by atoms with E-state index in [-0.39, 0.29) is 29.8 Å². The molecule has 0 bridgehead atoms. The van der Waals surface area contributed by atoms with Gasteiger partial charge in [0.15, 0.2) is 5.65 Å². The number of aromatic nitrogens is 5. The number of nitriles is 2. The van der Waals surface area contributed by atoms with Crippen LogP contribution in [0.15, 0.2) is 41.3 Å². The number of pyridine rings is 1. The third-order valence-electron chi connectivity index (χ3n) is 7.53. The van der Waals surface area contributed by atoms with Gasteiger partial charge in [-0.15, -0.1) is 0 Å². The summed E-state index contributed by atoms with van der Waals surface area (Å²) in [5, 5.41) is 31.5. The van der Waals surface area contributed by atoms with Gasteiger partial charge in [0, 0.05) is 41.7 Å². The van der Waals surface area contributed by atoms with Gasteiger partial charge in [0.05, 0.1) is 28.2 Å². The molecule has 1 amide bonds. The fourth-order valence-corrected chi connectivity index (χ4v) is 6.02. The molecule has 11 heteroatoms. The Labute approximate surface area is 227 Å². The maximum Gasteiger partial charge on any atom is 0.224 e. The monoisotopic (exact) mass is 569 g/mol. The second kappa shape index (κ2) is 9.99. The molecule has 1 aromatic carbocycles. The summed E-state index contributed by atoms with van der Waals surface area (Å²) in [6.45, 7) is 0. The molecule has 2 saturated carbocycles. The number of halogens is 1. The van der Waals surface area contributed by atoms with Crippen molar-refractivity contribution in [1.82, 2.24) is 30.0 Å². The van der Waals surface area contributed by atoms with Crippen molar-refractivity contribution < 1.29 is 4.79 Å². The molecule has 190 valence electrons. The Hall–Kier alpha value is -4.09. The van der Waals surface area contributed by atoms with E-state index in [1.807, 2.05) is 18.2 Å². The summed E-state index contributed by atoms with van der Waals surface area (Å²) in [4.78, 5) is 26.4. The average molecular weight is 570 g/mol. The second-order valence-corrected chi connectivity index (χ2v) is 10.8. The third kappa shape index (κ3) is 4.54. The molecular weight excluding hydrogens is 546 g/mol. The number of fused-ring (bicyclic) bond motifs is 2. The number of amides is 1. The summed E-state index contributed by atoms with van der Waals surface area (Å²) in [6, 6.07) is 12.2. The molecule has 6 rings (SSSR count). The Morgan fingerprint density at radius 2 is 1.97 bits per heavy atom. The van der Waals surface area contributed by atoms with E-state index in [0.29, 0.717) is 39.4 Å². The molecule has 0 spiro atoms. The van der Waals surface area contributed by atoms with Gasteiger partial charge in [-0.05, 0) is 72.7 Å². The number of hydrogen-bond donors (Lipinski definition) is 2. The number of benzene rings is 1. The lowest BCUT2D eigenvalue weighted by atomic mass is 10.1. The topological polar surface area (TPSA) is 145 Å². The minimum Gasteiger partial charge on any atom is -0.353 e. The summed E-state index contributed by atoms with van der Waals surface area (Å²) in [5.41, 5.74) is 2.40. The standard InChI is InChI=1S/C27H24BrN9O/c28-24-22-14-32-27(34-20-6-4-17(9-20)26(38)33-19-5-3-15(8-19)12-29)35-25(22)37(36-24)21-10-16-2-1-7-31-23(16)18(11-21)13-30/h1-2,7,10-11,14-15,17,19-20H,3-6,8-9H2,(H,33,38)(H,32,34,35)/t15?,17-,19?,20-/m1/s1. The number of carbonyl (C=O) groups excluding carboxylic acids is 1. The van der Waals surface area contributed by atoms with E-state index in [1.54, 1.807) is 23.1 Å². The van der Waals surface area contributed by atoms with Crippen LogP contribution in [-0.4, -0.2) is 42.7 Å². The highest BCUT2D eigenvalue weighted by molar-refractivity contribution is 9.10. The van der Waals surface area contributed by atoms with Crippen LogP contribution in [0.3, 0.4) is 0 Å². The van der Waals surface area contributed by atoms with Gasteiger partial charge in [-0.3, -0.25) is 9.78 Å². The average Bonchev–Trinajstić information content (AvgIpc) is 3.67. The first-order valence-corrected chi connectivity index (χ1v) is 13.5. The lowest BCUT2D eigenvalue weighted by Crippen LogP contribution is -2.37. The summed E-state index contributed by atoms with van der Waals surface area (Å²) >= 11 is 3.51. The molecule has 10 nitrogen and oxygen atoms in total. The van der Waals surface area contributed by atoms with Crippen LogP contribution in [-0.2, 0) is 4.79 Å². The highest BCUT2D eigenvalue weighted by Crippen LogP contribution is 2.31. The van der Waals surface area contributed by atoms with Crippen LogP contribution in [0.4, 0.5) is 5.95 Å². The van der Waals surface area contributed by atoms with E-state index in [2.05, 4.69) is 53.8 Å². The molecule has 2 aliphatic carbocycles. The van der Waals surface area contributed by atoms with Crippen molar-refractivity contribution in [2.24, 2.45) is 11.8 Å². The van der Waals surface area contributed by atoms with E-state index in [0.717, 1.165) is 42.9 Å². The molecule has 2 aliphatic rings. The van der Waals surface area contributed by atoms with Gasteiger partial charge in [-0.2, -0.15) is 20.6 Å². The van der Waals surface area contributed by atoms with Crippen LogP contribution in [0.5, 0.6) is 0 Å². The predicted octanol–water partition coefficient (Wildman–Crippen LogP) is 4.39. The zero-order valence-corrected chi connectivity index (χ0v) is 22.0. The van der Waals surface area contributed by atoms with Crippen molar-refractivity contribution in [3.05, 3.63) is 46.8 Å². The smallest absolute Gasteiger partial charge is 0.224 e. The van der Waals surface area contributed by atoms with Gasteiger partial charge in [-0.1, -0.05) is 6.07 Å². The molecule has 38 heavy (non-hydrogen) atoms. The summed E-state index contributed by atoms with van der Waals surface area (Å²) in [6.07, 6.45) is 8.21. The molecular formula is C27H24BrN9O. The van der Waals surface area contributed by atoms with E-state index in [4.69, 9.17) is 10.2 Å². The van der Waals surface area contributed by atoms with Crippen molar-refractivity contribution >= 4 is 49.7 Å². The van der Waals surface area contributed by atoms with E-state index < -0.39 is 0 Å². The van der Waals surface area contributed by atoms with Crippen molar-refractivity contribution in [2.75, 3.05) is 5.32 Å². The van der Waals surface area contributed by atoms with Crippen LogP contribution < -0.4 is 10.6 Å². The van der Waals surface area contributed by atoms with Gasteiger partial charge in [0.25, 0.3) is 0 Å². The Balaban J connectivity index is 1.21. The third-order valence-corrected chi connectivity index (χ3v) is 8.12. The van der Waals surface area contributed by atoms with Crippen molar-refractivity contribution in [2.45, 2.75) is 50.6 Å². The SMILES string of the molecule is N#Cc1cc(-n2nc(Br)c3cnc(N[C@@H]4CC[C@@H](C(=O)NC5CCC(C#N)C5)C4)nc32)cc2cccnc12. The Kier molecular flexibility index (Phi) is 6.38. The van der Waals surface area contributed by atoms with Gasteiger partial charge < -0.3 is 10.6 Å². The number of rotatable bonds is 5. The van der Waals surface area contributed by atoms with E-state index in [9.17, 15) is 10.1 Å². The molecule has 2 fully saturated rings. The maximum atomic E-state index is 12.8. The van der Waals surface area contributed by atoms with Crippen LogP contribution >= 0.6 is 15.9 Å². The number of anilines is 1. The molecule has 0 aliphatic heterocycles. The van der Waals surface area contributed by atoms with Crippen LogP contribution in [0.25, 0.3) is 27.6 Å². The predicted molar refractivity (Wildman–Crippen MR) is 144 cm³/mol. The Morgan fingerprint density at radius 3 is 2.79 bits per heavy atom. The zero-order valence-electron chi connectivity index (χ0n) is 20.4. The normalized spacial score (nSPS) is 22.8. The first kappa shape index (κ1) is 24.3.